The van der Waals surface area contributed by atoms with Gasteiger partial charge in [0.15, 0.2) is 0 Å². The molecule has 7 nitrogen and oxygen atoms in total. The fraction of sp³-hybridized carbons (Fsp3) is 0.545. The van der Waals surface area contributed by atoms with Crippen molar-refractivity contribution in [2.45, 2.75) is 108 Å². The van der Waals surface area contributed by atoms with Gasteiger partial charge < -0.3 is 16.0 Å². The Morgan fingerprint density at radius 2 is 1.64 bits per heavy atom. The monoisotopic (exact) mass is 610 g/mol. The van der Waals surface area contributed by atoms with Crippen molar-refractivity contribution in [3.63, 3.8) is 0 Å². The second-order valence-corrected chi connectivity index (χ2v) is 14.5. The van der Waals surface area contributed by atoms with Crippen molar-refractivity contribution in [1.29, 1.82) is 0 Å². The molecule has 0 radical (unpaired) electrons. The van der Waals surface area contributed by atoms with Crippen molar-refractivity contribution >= 4 is 52.3 Å². The summed E-state index contributed by atoms with van der Waals surface area (Å²) in [4.78, 5) is 41.1. The van der Waals surface area contributed by atoms with Gasteiger partial charge in [0.2, 0.25) is 17.7 Å². The van der Waals surface area contributed by atoms with Crippen LogP contribution < -0.4 is 21.3 Å². The van der Waals surface area contributed by atoms with Crippen molar-refractivity contribution < 1.29 is 14.4 Å². The highest BCUT2D eigenvalue weighted by Gasteiger charge is 2.72. The first-order valence-electron chi connectivity index (χ1n) is 15.2. The average molecular weight is 612 g/mol. The number of amides is 3. The molecule has 2 aliphatic carbocycles. The fourth-order valence-electron chi connectivity index (χ4n) is 8.29. The van der Waals surface area contributed by atoms with E-state index in [9.17, 15) is 14.4 Å². The van der Waals surface area contributed by atoms with Gasteiger partial charge in [0.25, 0.3) is 0 Å². The lowest BCUT2D eigenvalue weighted by atomic mass is 9.53. The lowest BCUT2D eigenvalue weighted by Crippen LogP contribution is -2.61. The molecule has 0 aromatic heterocycles. The predicted molar refractivity (Wildman–Crippen MR) is 167 cm³/mol. The number of halogens is 2. The molecule has 2 heterocycles. The third kappa shape index (κ3) is 4.91. The topological polar surface area (TPSA) is 99.3 Å². The molecular formula is C33H40Cl2N4O3. The van der Waals surface area contributed by atoms with E-state index in [0.717, 1.165) is 62.5 Å². The quantitative estimate of drug-likeness (QED) is 0.310. The third-order valence-electron chi connectivity index (χ3n) is 10.3. The van der Waals surface area contributed by atoms with E-state index < -0.39 is 22.9 Å². The number of benzene rings is 2. The summed E-state index contributed by atoms with van der Waals surface area (Å²) in [6, 6.07) is 10.4. The number of hydrogen-bond acceptors (Lipinski definition) is 4. The van der Waals surface area contributed by atoms with Crippen LogP contribution in [0.4, 0.5) is 11.4 Å². The zero-order chi connectivity index (χ0) is 29.9. The molecule has 42 heavy (non-hydrogen) atoms. The van der Waals surface area contributed by atoms with E-state index in [2.05, 4.69) is 35.1 Å². The van der Waals surface area contributed by atoms with Crippen molar-refractivity contribution in [3.8, 4) is 0 Å². The minimum atomic E-state index is -1.10. The van der Waals surface area contributed by atoms with Gasteiger partial charge in [-0.3, -0.25) is 19.7 Å². The summed E-state index contributed by atoms with van der Waals surface area (Å²) in [5.41, 5.74) is 1.15. The summed E-state index contributed by atoms with van der Waals surface area (Å²) in [7, 11) is 0. The van der Waals surface area contributed by atoms with Crippen LogP contribution in [0.25, 0.3) is 0 Å². The number of nitrogens with one attached hydrogen (secondary N) is 4. The molecule has 4 N–H and O–H groups in total. The molecule has 1 saturated heterocycles. The van der Waals surface area contributed by atoms with E-state index in [1.807, 2.05) is 24.3 Å². The molecule has 1 unspecified atom stereocenters. The molecule has 2 saturated carbocycles. The Morgan fingerprint density at radius 1 is 0.929 bits per heavy atom. The SMILES string of the molecule is CC(=O)Nc1cc(Cl)cc([C@H]2C(C(=O)NC3CCCCC3)NC3(CCC(C)(C)CC3)[C@@]23C(=O)Nc2cc(Cl)ccc23)c1. The van der Waals surface area contributed by atoms with E-state index >= 15 is 0 Å². The maximum Gasteiger partial charge on any atom is 0.238 e. The van der Waals surface area contributed by atoms with Gasteiger partial charge in [-0.2, -0.15) is 0 Å². The van der Waals surface area contributed by atoms with Crippen molar-refractivity contribution in [1.82, 2.24) is 10.6 Å². The maximum atomic E-state index is 14.7. The van der Waals surface area contributed by atoms with Crippen LogP contribution >= 0.6 is 23.2 Å². The van der Waals surface area contributed by atoms with Crippen LogP contribution in [-0.4, -0.2) is 35.3 Å². The second-order valence-electron chi connectivity index (χ2n) is 13.6. The van der Waals surface area contributed by atoms with Crippen LogP contribution in [0.2, 0.25) is 10.0 Å². The van der Waals surface area contributed by atoms with Gasteiger partial charge in [0.1, 0.15) is 5.41 Å². The van der Waals surface area contributed by atoms with Crippen molar-refractivity contribution in [3.05, 3.63) is 57.6 Å². The molecule has 224 valence electrons. The Morgan fingerprint density at radius 3 is 2.33 bits per heavy atom. The van der Waals surface area contributed by atoms with Gasteiger partial charge in [0, 0.05) is 45.8 Å². The highest BCUT2D eigenvalue weighted by atomic mass is 35.5. The normalized spacial score (nSPS) is 28.0. The van der Waals surface area contributed by atoms with E-state index in [-0.39, 0.29) is 29.2 Å². The molecule has 3 fully saturated rings. The Hall–Kier alpha value is -2.61. The Balaban J connectivity index is 1.56. The number of rotatable bonds is 4. The molecule has 2 spiro atoms. The largest absolute Gasteiger partial charge is 0.352 e. The summed E-state index contributed by atoms with van der Waals surface area (Å²) in [6.07, 6.45) is 8.59. The van der Waals surface area contributed by atoms with Crippen LogP contribution in [-0.2, 0) is 19.8 Å². The summed E-state index contributed by atoms with van der Waals surface area (Å²) < 4.78 is 0. The average Bonchev–Trinajstić information content (AvgIpc) is 3.38. The Bertz CT molecular complexity index is 1430. The maximum absolute atomic E-state index is 14.7. The molecule has 9 heteroatoms. The predicted octanol–water partition coefficient (Wildman–Crippen LogP) is 6.69. The van der Waals surface area contributed by atoms with Gasteiger partial charge in [-0.1, -0.05) is 62.4 Å². The fourth-order valence-corrected chi connectivity index (χ4v) is 8.71. The zero-order valence-electron chi connectivity index (χ0n) is 24.5. The van der Waals surface area contributed by atoms with Gasteiger partial charge in [-0.25, -0.2) is 0 Å². The first-order valence-corrected chi connectivity index (χ1v) is 16.0. The molecule has 3 atom stereocenters. The minimum absolute atomic E-state index is 0.0933. The first kappa shape index (κ1) is 29.5. The third-order valence-corrected chi connectivity index (χ3v) is 10.7. The minimum Gasteiger partial charge on any atom is -0.352 e. The first-order chi connectivity index (χ1) is 19.9. The van der Waals surface area contributed by atoms with Crippen molar-refractivity contribution in [2.24, 2.45) is 5.41 Å². The molecule has 6 rings (SSSR count). The Kier molecular flexibility index (Phi) is 7.60. The van der Waals surface area contributed by atoms with Crippen LogP contribution in [0.1, 0.15) is 95.6 Å². The highest BCUT2D eigenvalue weighted by molar-refractivity contribution is 6.31. The summed E-state index contributed by atoms with van der Waals surface area (Å²) in [6.45, 7) is 5.99. The molecule has 4 aliphatic rings. The van der Waals surface area contributed by atoms with Crippen molar-refractivity contribution in [2.75, 3.05) is 10.6 Å². The van der Waals surface area contributed by atoms with Crippen LogP contribution in [0.15, 0.2) is 36.4 Å². The van der Waals surface area contributed by atoms with Crippen LogP contribution in [0.5, 0.6) is 0 Å². The lowest BCUT2D eigenvalue weighted by Gasteiger charge is -2.50. The number of fused-ring (bicyclic) bond motifs is 3. The van der Waals surface area contributed by atoms with Crippen LogP contribution in [0.3, 0.4) is 0 Å². The van der Waals surface area contributed by atoms with Gasteiger partial charge in [-0.05, 0) is 85.4 Å². The number of hydrogen-bond donors (Lipinski definition) is 4. The van der Waals surface area contributed by atoms with E-state index in [1.165, 1.54) is 13.3 Å². The molecule has 2 aliphatic heterocycles. The number of anilines is 2. The van der Waals surface area contributed by atoms with Gasteiger partial charge in [-0.15, -0.1) is 0 Å². The summed E-state index contributed by atoms with van der Waals surface area (Å²) in [5.74, 6) is -1.04. The molecule has 0 bridgehead atoms. The standard InChI is InChI=1S/C33H40Cl2N4O3/c1-19(40)36-24-16-20(15-22(35)17-24)27-28(29(41)37-23-7-5-4-6-8-23)39-32(13-11-31(2,3)12-14-32)33(27)25-10-9-21(34)18-26(25)38-30(33)42/h9-10,15-18,23,27-28,39H,4-8,11-14H2,1-3H3,(H,36,40)(H,37,41)(H,38,42)/t27-,28?,33+/m0/s1. The van der Waals surface area contributed by atoms with E-state index in [0.29, 0.717) is 21.4 Å². The molecular weight excluding hydrogens is 571 g/mol. The molecule has 2 aromatic rings. The second kappa shape index (κ2) is 10.8. The lowest BCUT2D eigenvalue weighted by molar-refractivity contribution is -0.125. The van der Waals surface area contributed by atoms with Crippen LogP contribution in [0, 0.1) is 5.41 Å². The van der Waals surface area contributed by atoms with Gasteiger partial charge in [0.05, 0.1) is 6.04 Å². The highest BCUT2D eigenvalue weighted by Crippen LogP contribution is 2.64. The zero-order valence-corrected chi connectivity index (χ0v) is 26.1. The summed E-state index contributed by atoms with van der Waals surface area (Å²) in [5, 5.41) is 14.2. The number of carbonyl (C=O) groups is 3. The molecule has 2 aromatic carbocycles. The van der Waals surface area contributed by atoms with E-state index in [1.54, 1.807) is 12.1 Å². The van der Waals surface area contributed by atoms with Gasteiger partial charge >= 0.3 is 0 Å². The molecule has 3 amide bonds. The number of carbonyl (C=O) groups excluding carboxylic acids is 3. The summed E-state index contributed by atoms with van der Waals surface area (Å²) >= 11 is 13.1. The smallest absolute Gasteiger partial charge is 0.238 e. The van der Waals surface area contributed by atoms with E-state index in [4.69, 9.17) is 23.2 Å². The Labute approximate surface area is 257 Å².